The summed E-state index contributed by atoms with van der Waals surface area (Å²) >= 11 is 0. The minimum absolute atomic E-state index is 0.0412. The van der Waals surface area contributed by atoms with Gasteiger partial charge in [0, 0.05) is 11.6 Å². The summed E-state index contributed by atoms with van der Waals surface area (Å²) in [4.78, 5) is 0. The van der Waals surface area contributed by atoms with Crippen molar-refractivity contribution in [3.05, 3.63) is 23.3 Å². The lowest BCUT2D eigenvalue weighted by Gasteiger charge is -2.22. The number of nitrogens with two attached hydrogens (primary N) is 1. The third-order valence-corrected chi connectivity index (χ3v) is 2.52. The molecule has 90 valence electrons. The van der Waals surface area contributed by atoms with Gasteiger partial charge >= 0.3 is 0 Å². The van der Waals surface area contributed by atoms with Gasteiger partial charge in [-0.2, -0.15) is 0 Å². The van der Waals surface area contributed by atoms with Crippen LogP contribution in [0.25, 0.3) is 0 Å². The highest BCUT2D eigenvalue weighted by atomic mass is 16.3. The number of hydrogen-bond donors (Lipinski definition) is 3. The molecular weight excluding hydrogens is 202 g/mol. The summed E-state index contributed by atoms with van der Waals surface area (Å²) in [5.41, 5.74) is 6.97. The van der Waals surface area contributed by atoms with E-state index in [1.807, 2.05) is 27.7 Å². The first-order chi connectivity index (χ1) is 7.21. The molecule has 1 rings (SSSR count). The average Bonchev–Trinajstić information content (AvgIpc) is 2.07. The lowest BCUT2D eigenvalue weighted by Crippen LogP contribution is -2.19. The van der Waals surface area contributed by atoms with E-state index in [1.165, 1.54) is 0 Å². The number of phenols is 2. The van der Waals surface area contributed by atoms with E-state index < -0.39 is 0 Å². The SMILES string of the molecule is CC(N)Cc1cc(O)cc(C(C)(C)C)c1O. The fourth-order valence-electron chi connectivity index (χ4n) is 1.75. The zero-order valence-corrected chi connectivity index (χ0v) is 10.4. The van der Waals surface area contributed by atoms with E-state index in [4.69, 9.17) is 5.73 Å². The molecule has 1 unspecified atom stereocenters. The Labute approximate surface area is 96.9 Å². The lowest BCUT2D eigenvalue weighted by molar-refractivity contribution is 0.427. The number of rotatable bonds is 2. The Morgan fingerprint density at radius 3 is 2.25 bits per heavy atom. The van der Waals surface area contributed by atoms with Gasteiger partial charge in [0.1, 0.15) is 11.5 Å². The van der Waals surface area contributed by atoms with Crippen LogP contribution < -0.4 is 5.73 Å². The Bertz CT molecular complexity index is 378. The van der Waals surface area contributed by atoms with Crippen molar-refractivity contribution in [3.8, 4) is 11.5 Å². The number of hydrogen-bond acceptors (Lipinski definition) is 3. The molecule has 1 atom stereocenters. The van der Waals surface area contributed by atoms with Crippen molar-refractivity contribution < 1.29 is 10.2 Å². The van der Waals surface area contributed by atoms with Crippen molar-refractivity contribution in [2.75, 3.05) is 0 Å². The maximum Gasteiger partial charge on any atom is 0.122 e. The summed E-state index contributed by atoms with van der Waals surface area (Å²) in [7, 11) is 0. The Morgan fingerprint density at radius 2 is 1.81 bits per heavy atom. The van der Waals surface area contributed by atoms with E-state index in [9.17, 15) is 10.2 Å². The predicted octanol–water partition coefficient (Wildman–Crippen LogP) is 2.29. The van der Waals surface area contributed by atoms with E-state index in [0.717, 1.165) is 5.56 Å². The molecule has 0 saturated heterocycles. The summed E-state index contributed by atoms with van der Waals surface area (Å²) in [6.45, 7) is 7.87. The molecule has 0 amide bonds. The maximum absolute atomic E-state index is 10.1. The Balaban J connectivity index is 3.26. The summed E-state index contributed by atoms with van der Waals surface area (Å²) in [6.07, 6.45) is 0.559. The normalized spacial score (nSPS) is 13.8. The highest BCUT2D eigenvalue weighted by Gasteiger charge is 2.21. The number of phenolic OH excluding ortho intramolecular Hbond substituents is 2. The van der Waals surface area contributed by atoms with Gasteiger partial charge < -0.3 is 15.9 Å². The molecular formula is C13H21NO2. The molecule has 3 nitrogen and oxygen atoms in total. The second-order valence-electron chi connectivity index (χ2n) is 5.43. The molecule has 0 fully saturated rings. The maximum atomic E-state index is 10.1. The third-order valence-electron chi connectivity index (χ3n) is 2.52. The molecule has 0 heterocycles. The summed E-state index contributed by atoms with van der Waals surface area (Å²) in [6, 6.07) is 3.15. The van der Waals surface area contributed by atoms with Crippen LogP contribution in [0.3, 0.4) is 0 Å². The van der Waals surface area contributed by atoms with Crippen molar-refractivity contribution in [2.45, 2.75) is 45.6 Å². The van der Waals surface area contributed by atoms with Gasteiger partial charge in [-0.15, -0.1) is 0 Å². The minimum Gasteiger partial charge on any atom is -0.508 e. The van der Waals surface area contributed by atoms with Crippen LogP contribution in [0.2, 0.25) is 0 Å². The van der Waals surface area contributed by atoms with E-state index in [2.05, 4.69) is 0 Å². The molecule has 0 spiro atoms. The Hall–Kier alpha value is -1.22. The Kier molecular flexibility index (Phi) is 3.48. The molecule has 0 bridgehead atoms. The predicted molar refractivity (Wildman–Crippen MR) is 65.8 cm³/mol. The van der Waals surface area contributed by atoms with Crippen molar-refractivity contribution in [2.24, 2.45) is 5.73 Å². The molecule has 0 aromatic heterocycles. The van der Waals surface area contributed by atoms with Crippen LogP contribution in [-0.4, -0.2) is 16.3 Å². The topological polar surface area (TPSA) is 66.5 Å². The molecule has 16 heavy (non-hydrogen) atoms. The van der Waals surface area contributed by atoms with Gasteiger partial charge in [0.25, 0.3) is 0 Å². The summed E-state index contributed by atoms with van der Waals surface area (Å²) < 4.78 is 0. The standard InChI is InChI=1S/C13H21NO2/c1-8(14)5-9-6-10(15)7-11(12(9)16)13(2,3)4/h6-8,15-16H,5,14H2,1-4H3. The van der Waals surface area contributed by atoms with Crippen LogP contribution >= 0.6 is 0 Å². The van der Waals surface area contributed by atoms with Crippen molar-refractivity contribution in [1.29, 1.82) is 0 Å². The Morgan fingerprint density at radius 1 is 1.25 bits per heavy atom. The molecule has 0 aliphatic heterocycles. The van der Waals surface area contributed by atoms with Crippen LogP contribution in [0.5, 0.6) is 11.5 Å². The van der Waals surface area contributed by atoms with E-state index in [0.29, 0.717) is 12.0 Å². The van der Waals surface area contributed by atoms with E-state index in [-0.39, 0.29) is 23.0 Å². The first-order valence-corrected chi connectivity index (χ1v) is 5.52. The fraction of sp³-hybridized carbons (Fsp3) is 0.538. The minimum atomic E-state index is -0.199. The van der Waals surface area contributed by atoms with Crippen LogP contribution in [0.1, 0.15) is 38.8 Å². The largest absolute Gasteiger partial charge is 0.508 e. The van der Waals surface area contributed by atoms with Crippen LogP contribution in [0, 0.1) is 0 Å². The van der Waals surface area contributed by atoms with E-state index >= 15 is 0 Å². The van der Waals surface area contributed by atoms with Crippen molar-refractivity contribution >= 4 is 0 Å². The molecule has 1 aromatic carbocycles. The fourth-order valence-corrected chi connectivity index (χ4v) is 1.75. The van der Waals surface area contributed by atoms with Gasteiger partial charge in [0.15, 0.2) is 0 Å². The summed E-state index contributed by atoms with van der Waals surface area (Å²) in [5, 5.41) is 19.8. The average molecular weight is 223 g/mol. The van der Waals surface area contributed by atoms with Crippen LogP contribution in [0.15, 0.2) is 12.1 Å². The molecule has 0 saturated carbocycles. The van der Waals surface area contributed by atoms with Gasteiger partial charge in [0.05, 0.1) is 0 Å². The lowest BCUT2D eigenvalue weighted by atomic mass is 9.84. The van der Waals surface area contributed by atoms with Gasteiger partial charge in [-0.25, -0.2) is 0 Å². The second kappa shape index (κ2) is 4.34. The zero-order chi connectivity index (χ0) is 12.5. The molecule has 4 N–H and O–H groups in total. The smallest absolute Gasteiger partial charge is 0.122 e. The third kappa shape index (κ3) is 2.89. The number of aromatic hydroxyl groups is 2. The first kappa shape index (κ1) is 12.8. The second-order valence-corrected chi connectivity index (χ2v) is 5.43. The molecule has 0 radical (unpaired) electrons. The molecule has 1 aromatic rings. The van der Waals surface area contributed by atoms with E-state index in [1.54, 1.807) is 12.1 Å². The molecule has 0 aliphatic rings. The summed E-state index contributed by atoms with van der Waals surface area (Å²) in [5.74, 6) is 0.431. The molecule has 3 heteroatoms. The van der Waals surface area contributed by atoms with Gasteiger partial charge in [-0.1, -0.05) is 20.8 Å². The van der Waals surface area contributed by atoms with Gasteiger partial charge in [-0.05, 0) is 36.5 Å². The first-order valence-electron chi connectivity index (χ1n) is 5.52. The van der Waals surface area contributed by atoms with Gasteiger partial charge in [-0.3, -0.25) is 0 Å². The van der Waals surface area contributed by atoms with Crippen molar-refractivity contribution in [1.82, 2.24) is 0 Å². The van der Waals surface area contributed by atoms with Crippen LogP contribution in [0.4, 0.5) is 0 Å². The highest BCUT2D eigenvalue weighted by Crippen LogP contribution is 2.36. The monoisotopic (exact) mass is 223 g/mol. The van der Waals surface area contributed by atoms with Gasteiger partial charge in [0.2, 0.25) is 0 Å². The van der Waals surface area contributed by atoms with Crippen LogP contribution in [-0.2, 0) is 11.8 Å². The number of benzene rings is 1. The molecule has 0 aliphatic carbocycles. The zero-order valence-electron chi connectivity index (χ0n) is 10.4. The quantitative estimate of drug-likeness (QED) is 0.674. The van der Waals surface area contributed by atoms with Crippen molar-refractivity contribution in [3.63, 3.8) is 0 Å². The highest BCUT2D eigenvalue weighted by molar-refractivity contribution is 5.49.